The van der Waals surface area contributed by atoms with Gasteiger partial charge in [0.25, 0.3) is 15.7 Å². The van der Waals surface area contributed by atoms with E-state index in [9.17, 15) is 28.1 Å². The first-order valence-corrected chi connectivity index (χ1v) is 16.0. The quantitative estimate of drug-likeness (QED) is 0.195. The molecule has 0 saturated heterocycles. The fourth-order valence-corrected chi connectivity index (χ4v) is 6.38. The van der Waals surface area contributed by atoms with E-state index in [0.29, 0.717) is 5.56 Å². The molecule has 1 N–H and O–H groups in total. The van der Waals surface area contributed by atoms with Crippen LogP contribution in [0.5, 0.6) is 5.75 Å². The Hall–Kier alpha value is -3.68. The summed E-state index contributed by atoms with van der Waals surface area (Å²) in [6.45, 7) is 7.66. The molecule has 0 aliphatic heterocycles. The average Bonchev–Trinajstić information content (AvgIpc) is 2.93. The summed E-state index contributed by atoms with van der Waals surface area (Å²) in [5, 5.41) is 14.7. The molecule has 0 heterocycles. The van der Waals surface area contributed by atoms with Crippen LogP contribution in [0.25, 0.3) is 0 Å². The van der Waals surface area contributed by atoms with E-state index in [1.54, 1.807) is 45.9 Å². The second kappa shape index (κ2) is 14.0. The maximum absolute atomic E-state index is 14.2. The number of halogens is 2. The number of aryl methyl sites for hydroxylation is 1. The molecule has 3 aromatic rings. The van der Waals surface area contributed by atoms with Crippen LogP contribution in [0.1, 0.15) is 38.8 Å². The third-order valence-corrected chi connectivity index (χ3v) is 9.05. The molecule has 3 aromatic carbocycles. The van der Waals surface area contributed by atoms with E-state index in [2.05, 4.69) is 21.2 Å². The Morgan fingerprint density at radius 1 is 1.11 bits per heavy atom. The Bertz CT molecular complexity index is 1680. The number of anilines is 1. The summed E-state index contributed by atoms with van der Waals surface area (Å²) in [6.07, 6.45) is 0. The molecule has 2 amide bonds. The molecular weight excluding hydrogens is 676 g/mol. The molecule has 0 bridgehead atoms. The van der Waals surface area contributed by atoms with Gasteiger partial charge in [0.15, 0.2) is 0 Å². The number of sulfonamides is 1. The number of methoxy groups -OCH3 is 1. The van der Waals surface area contributed by atoms with Crippen molar-refractivity contribution in [3.63, 3.8) is 0 Å². The van der Waals surface area contributed by atoms with Crippen LogP contribution in [0.15, 0.2) is 70.0 Å². The summed E-state index contributed by atoms with van der Waals surface area (Å²) in [5.41, 5.74) is -0.118. The van der Waals surface area contributed by atoms with Crippen molar-refractivity contribution in [3.8, 4) is 5.75 Å². The number of rotatable bonds is 11. The van der Waals surface area contributed by atoms with Gasteiger partial charge in [-0.25, -0.2) is 8.42 Å². The molecule has 11 nitrogen and oxygen atoms in total. The highest BCUT2D eigenvalue weighted by Crippen LogP contribution is 2.36. The van der Waals surface area contributed by atoms with Crippen molar-refractivity contribution in [1.29, 1.82) is 0 Å². The Morgan fingerprint density at radius 2 is 1.80 bits per heavy atom. The molecule has 1 atom stereocenters. The van der Waals surface area contributed by atoms with E-state index in [1.165, 1.54) is 49.3 Å². The smallest absolute Gasteiger partial charge is 0.273 e. The number of amides is 2. The van der Waals surface area contributed by atoms with Crippen LogP contribution < -0.4 is 14.4 Å². The second-order valence-electron chi connectivity index (χ2n) is 11.1. The second-order valence-corrected chi connectivity index (χ2v) is 14.3. The lowest BCUT2D eigenvalue weighted by Crippen LogP contribution is -2.54. The Kier molecular flexibility index (Phi) is 11.0. The van der Waals surface area contributed by atoms with E-state index in [0.717, 1.165) is 14.8 Å². The lowest BCUT2D eigenvalue weighted by molar-refractivity contribution is -0.385. The molecule has 0 aliphatic carbocycles. The zero-order chi connectivity index (χ0) is 33.0. The molecule has 236 valence electrons. The van der Waals surface area contributed by atoms with Gasteiger partial charge >= 0.3 is 0 Å². The van der Waals surface area contributed by atoms with Crippen LogP contribution in [-0.4, -0.2) is 55.3 Å². The summed E-state index contributed by atoms with van der Waals surface area (Å²) in [5.74, 6) is -1.07. The molecule has 44 heavy (non-hydrogen) atoms. The highest BCUT2D eigenvalue weighted by molar-refractivity contribution is 9.10. The first-order chi connectivity index (χ1) is 20.4. The van der Waals surface area contributed by atoms with Gasteiger partial charge in [0.1, 0.15) is 18.3 Å². The number of nitro benzene ring substituents is 1. The zero-order valence-corrected chi connectivity index (χ0v) is 28.3. The maximum Gasteiger partial charge on any atom is 0.273 e. The van der Waals surface area contributed by atoms with E-state index < -0.39 is 55.5 Å². The third-order valence-electron chi connectivity index (χ3n) is 6.56. The molecule has 0 saturated carbocycles. The van der Waals surface area contributed by atoms with Crippen LogP contribution >= 0.6 is 27.5 Å². The van der Waals surface area contributed by atoms with E-state index in [1.807, 2.05) is 6.07 Å². The van der Waals surface area contributed by atoms with E-state index in [-0.39, 0.29) is 28.6 Å². The fourth-order valence-electron chi connectivity index (χ4n) is 4.33. The van der Waals surface area contributed by atoms with Crippen molar-refractivity contribution in [2.45, 2.75) is 57.6 Å². The largest absolute Gasteiger partial charge is 0.495 e. The van der Waals surface area contributed by atoms with Crippen LogP contribution in [0, 0.1) is 17.0 Å². The highest BCUT2D eigenvalue weighted by Gasteiger charge is 2.35. The van der Waals surface area contributed by atoms with Crippen LogP contribution in [0.2, 0.25) is 5.02 Å². The van der Waals surface area contributed by atoms with Gasteiger partial charge in [-0.3, -0.25) is 24.0 Å². The minimum Gasteiger partial charge on any atom is -0.495 e. The molecular formula is C30H34BrClN4O7S. The fraction of sp³-hybridized carbons (Fsp3) is 0.333. The number of hydrogen-bond acceptors (Lipinski definition) is 7. The minimum atomic E-state index is -4.62. The Balaban J connectivity index is 2.17. The number of nitrogens with one attached hydrogen (secondary N) is 1. The van der Waals surface area contributed by atoms with Gasteiger partial charge in [0, 0.05) is 33.2 Å². The summed E-state index contributed by atoms with van der Waals surface area (Å²) < 4.78 is 35.4. The Labute approximate surface area is 270 Å². The molecule has 0 aliphatic rings. The van der Waals surface area contributed by atoms with Crippen LogP contribution in [0.3, 0.4) is 0 Å². The number of ether oxygens (including phenoxy) is 1. The molecule has 0 aromatic heterocycles. The van der Waals surface area contributed by atoms with Crippen molar-refractivity contribution in [2.24, 2.45) is 0 Å². The predicted octanol–water partition coefficient (Wildman–Crippen LogP) is 5.86. The molecule has 0 spiro atoms. The van der Waals surface area contributed by atoms with Gasteiger partial charge in [-0.15, -0.1) is 0 Å². The predicted molar refractivity (Wildman–Crippen MR) is 172 cm³/mol. The lowest BCUT2D eigenvalue weighted by Gasteiger charge is -2.33. The van der Waals surface area contributed by atoms with Crippen LogP contribution in [-0.2, 0) is 26.2 Å². The van der Waals surface area contributed by atoms with E-state index >= 15 is 0 Å². The van der Waals surface area contributed by atoms with Crippen LogP contribution in [0.4, 0.5) is 11.4 Å². The topological polar surface area (TPSA) is 139 Å². The molecule has 0 unspecified atom stereocenters. The first kappa shape index (κ1) is 34.8. The van der Waals surface area contributed by atoms with Gasteiger partial charge in [-0.1, -0.05) is 45.7 Å². The van der Waals surface area contributed by atoms with Gasteiger partial charge < -0.3 is 15.0 Å². The number of hydrogen-bond donors (Lipinski definition) is 1. The van der Waals surface area contributed by atoms with Crippen molar-refractivity contribution in [1.82, 2.24) is 10.2 Å². The van der Waals surface area contributed by atoms with Gasteiger partial charge in [-0.05, 0) is 76.6 Å². The SMILES string of the molecule is COc1ccc(Cl)cc1N(CC(=O)N(Cc1cccc(Br)c1)[C@H](C)C(=O)NC(C)(C)C)S(=O)(=O)c1ccc(C)c([N+](=O)[O-])c1. The normalized spacial score (nSPS) is 12.3. The lowest BCUT2D eigenvalue weighted by atomic mass is 10.1. The van der Waals surface area contributed by atoms with Crippen molar-refractivity contribution < 1.29 is 27.7 Å². The monoisotopic (exact) mass is 708 g/mol. The molecule has 0 fully saturated rings. The molecule has 14 heteroatoms. The van der Waals surface area contributed by atoms with Gasteiger partial charge in [-0.2, -0.15) is 0 Å². The summed E-state index contributed by atoms with van der Waals surface area (Å²) in [7, 11) is -3.30. The van der Waals surface area contributed by atoms with Gasteiger partial charge in [0.05, 0.1) is 22.6 Å². The Morgan fingerprint density at radius 3 is 2.39 bits per heavy atom. The average molecular weight is 710 g/mol. The number of benzene rings is 3. The summed E-state index contributed by atoms with van der Waals surface area (Å²) in [4.78, 5) is 39.3. The van der Waals surface area contributed by atoms with E-state index in [4.69, 9.17) is 16.3 Å². The number of nitro groups is 1. The summed E-state index contributed by atoms with van der Waals surface area (Å²) >= 11 is 9.67. The van der Waals surface area contributed by atoms with Crippen molar-refractivity contribution in [3.05, 3.63) is 91.4 Å². The number of carbonyl (C=O) groups excluding carboxylic acids is 2. The first-order valence-electron chi connectivity index (χ1n) is 13.4. The maximum atomic E-state index is 14.2. The van der Waals surface area contributed by atoms with Crippen molar-refractivity contribution >= 4 is 60.7 Å². The molecule has 0 radical (unpaired) electrons. The number of nitrogens with zero attached hydrogens (tertiary/aromatic N) is 3. The summed E-state index contributed by atoms with van der Waals surface area (Å²) in [6, 6.07) is 13.9. The highest BCUT2D eigenvalue weighted by atomic mass is 79.9. The number of carbonyl (C=O) groups is 2. The standard InChI is InChI=1S/C30H34BrClN4O7S/c1-19-10-12-24(16-25(19)36(39)40)44(41,42)35(26-15-23(32)11-13-27(26)43-6)18-28(37)34(17-21-8-7-9-22(31)14-21)20(2)29(38)33-30(3,4)5/h7-16,20H,17-18H2,1-6H3,(H,33,38)/t20-/m1/s1. The van der Waals surface area contributed by atoms with Gasteiger partial charge in [0.2, 0.25) is 11.8 Å². The third kappa shape index (κ3) is 8.48. The minimum absolute atomic E-state index is 0.0203. The van der Waals surface area contributed by atoms with Crippen molar-refractivity contribution in [2.75, 3.05) is 18.0 Å². The zero-order valence-electron chi connectivity index (χ0n) is 25.1. The molecule has 3 rings (SSSR count).